The molecule has 28 heavy (non-hydrogen) atoms. The summed E-state index contributed by atoms with van der Waals surface area (Å²) in [5, 5.41) is 12.0. The second-order valence-electron chi connectivity index (χ2n) is 9.25. The first-order valence-electron chi connectivity index (χ1n) is 10.2. The molecule has 1 aliphatic rings. The molecule has 0 bridgehead atoms. The predicted molar refractivity (Wildman–Crippen MR) is 114 cm³/mol. The number of hydrogen-bond donors (Lipinski definition) is 1. The van der Waals surface area contributed by atoms with E-state index in [9.17, 15) is 14.7 Å². The molecule has 5 nitrogen and oxygen atoms in total. The second-order valence-corrected chi connectivity index (χ2v) is 14.2. The Morgan fingerprint density at radius 1 is 1.18 bits per heavy atom. The molecule has 6 heteroatoms. The van der Waals surface area contributed by atoms with Crippen molar-refractivity contribution in [3.05, 3.63) is 27.8 Å². The Hall–Kier alpha value is -1.66. The summed E-state index contributed by atoms with van der Waals surface area (Å²) in [7, 11) is -1.89. The Bertz CT molecular complexity index is 780. The Morgan fingerprint density at radius 2 is 1.79 bits per heavy atom. The zero-order valence-corrected chi connectivity index (χ0v) is 19.6. The minimum atomic E-state index is -1.89. The molecule has 0 aromatic heterocycles. The van der Waals surface area contributed by atoms with E-state index in [1.165, 1.54) is 5.56 Å². The fraction of sp³-hybridized carbons (Fsp3) is 0.636. The van der Waals surface area contributed by atoms with Crippen LogP contribution in [0.2, 0.25) is 19.6 Å². The van der Waals surface area contributed by atoms with Gasteiger partial charge in [-0.15, -0.1) is 0 Å². The van der Waals surface area contributed by atoms with Gasteiger partial charge in [-0.1, -0.05) is 38.7 Å². The summed E-state index contributed by atoms with van der Waals surface area (Å²) < 4.78 is 5.10. The van der Waals surface area contributed by atoms with E-state index in [0.717, 1.165) is 28.4 Å². The standard InChI is InChI=1S/C22H35NO4Si/c1-9-27-22(26)20(25)19-14(4)16-10-18(24)23(11-13(2)3)12-17(16)15(5)21(19)28(6,7)8/h13,20,25H,9-12H2,1-8H3/t20-/m0/s1. The average Bonchev–Trinajstić information content (AvgIpc) is 2.57. The van der Waals surface area contributed by atoms with Crippen molar-refractivity contribution < 1.29 is 19.4 Å². The van der Waals surface area contributed by atoms with Gasteiger partial charge < -0.3 is 14.7 Å². The summed E-state index contributed by atoms with van der Waals surface area (Å²) in [6.07, 6.45) is -0.988. The molecule has 1 aliphatic heterocycles. The largest absolute Gasteiger partial charge is 0.464 e. The molecule has 0 unspecified atom stereocenters. The number of rotatable bonds is 6. The van der Waals surface area contributed by atoms with Crippen LogP contribution in [0, 0.1) is 19.8 Å². The summed E-state index contributed by atoms with van der Waals surface area (Å²) >= 11 is 0. The van der Waals surface area contributed by atoms with Crippen LogP contribution in [0.5, 0.6) is 0 Å². The van der Waals surface area contributed by atoms with E-state index in [0.29, 0.717) is 24.4 Å². The van der Waals surface area contributed by atoms with E-state index in [2.05, 4.69) is 40.4 Å². The number of carbonyl (C=O) groups is 2. The quantitative estimate of drug-likeness (QED) is 0.584. The fourth-order valence-corrected chi connectivity index (χ4v) is 6.81. The first-order valence-corrected chi connectivity index (χ1v) is 13.7. The molecule has 0 fully saturated rings. The fourth-order valence-electron chi connectivity index (χ4n) is 4.41. The number of aliphatic hydroxyl groups excluding tert-OH is 1. The highest BCUT2D eigenvalue weighted by Crippen LogP contribution is 2.33. The average molecular weight is 406 g/mol. The van der Waals surface area contributed by atoms with Crippen molar-refractivity contribution in [2.75, 3.05) is 13.2 Å². The maximum absolute atomic E-state index is 12.7. The molecular weight excluding hydrogens is 370 g/mol. The van der Waals surface area contributed by atoms with Crippen LogP contribution in [0.15, 0.2) is 0 Å². The predicted octanol–water partition coefficient (Wildman–Crippen LogP) is 2.99. The molecule has 156 valence electrons. The minimum Gasteiger partial charge on any atom is -0.464 e. The highest BCUT2D eigenvalue weighted by molar-refractivity contribution is 6.89. The first kappa shape index (κ1) is 22.6. The summed E-state index contributed by atoms with van der Waals surface area (Å²) in [6.45, 7) is 18.2. The van der Waals surface area contributed by atoms with E-state index in [-0.39, 0.29) is 12.5 Å². The van der Waals surface area contributed by atoms with Gasteiger partial charge in [0.1, 0.15) is 0 Å². The number of nitrogens with zero attached hydrogens (tertiary/aromatic N) is 1. The second kappa shape index (κ2) is 8.37. The van der Waals surface area contributed by atoms with Crippen molar-refractivity contribution in [2.24, 2.45) is 5.92 Å². The van der Waals surface area contributed by atoms with Gasteiger partial charge in [-0.25, -0.2) is 4.79 Å². The third-order valence-electron chi connectivity index (χ3n) is 5.47. The van der Waals surface area contributed by atoms with Crippen LogP contribution in [0.3, 0.4) is 0 Å². The highest BCUT2D eigenvalue weighted by Gasteiger charge is 2.36. The van der Waals surface area contributed by atoms with Crippen LogP contribution in [0.25, 0.3) is 0 Å². The molecule has 0 saturated heterocycles. The SMILES string of the molecule is CCOC(=O)[C@@H](O)c1c(C)c2c(c(C)c1[Si](C)(C)C)CN(CC(C)C)C(=O)C2. The normalized spacial score (nSPS) is 15.6. The number of fused-ring (bicyclic) bond motifs is 1. The van der Waals surface area contributed by atoms with Crippen molar-refractivity contribution in [3.8, 4) is 0 Å². The molecule has 0 radical (unpaired) electrons. The van der Waals surface area contributed by atoms with Crippen molar-refractivity contribution in [1.29, 1.82) is 0 Å². The molecule has 1 atom stereocenters. The third kappa shape index (κ3) is 4.33. The van der Waals surface area contributed by atoms with Crippen LogP contribution < -0.4 is 5.19 Å². The van der Waals surface area contributed by atoms with Gasteiger partial charge in [0, 0.05) is 13.1 Å². The number of esters is 1. The van der Waals surface area contributed by atoms with Gasteiger partial charge in [0.2, 0.25) is 5.91 Å². The van der Waals surface area contributed by atoms with E-state index in [1.54, 1.807) is 6.92 Å². The molecular formula is C22H35NO4Si. The lowest BCUT2D eigenvalue weighted by atomic mass is 9.86. The molecule has 0 spiro atoms. The zero-order chi connectivity index (χ0) is 21.4. The van der Waals surface area contributed by atoms with Gasteiger partial charge in [0.05, 0.1) is 21.1 Å². The van der Waals surface area contributed by atoms with Gasteiger partial charge in [0.15, 0.2) is 6.10 Å². The summed E-state index contributed by atoms with van der Waals surface area (Å²) in [4.78, 5) is 27.0. The van der Waals surface area contributed by atoms with Crippen molar-refractivity contribution in [1.82, 2.24) is 4.90 Å². The maximum Gasteiger partial charge on any atom is 0.339 e. The van der Waals surface area contributed by atoms with E-state index >= 15 is 0 Å². The lowest BCUT2D eigenvalue weighted by Gasteiger charge is -2.36. The van der Waals surface area contributed by atoms with Crippen LogP contribution in [0.1, 0.15) is 54.7 Å². The Morgan fingerprint density at radius 3 is 2.29 bits per heavy atom. The van der Waals surface area contributed by atoms with Gasteiger partial charge >= 0.3 is 5.97 Å². The van der Waals surface area contributed by atoms with Crippen LogP contribution in [-0.2, 0) is 27.3 Å². The zero-order valence-electron chi connectivity index (χ0n) is 18.6. The van der Waals surface area contributed by atoms with Crippen LogP contribution in [-0.4, -0.2) is 43.1 Å². The number of hydrogen-bond acceptors (Lipinski definition) is 4. The maximum atomic E-state index is 12.7. The van der Waals surface area contributed by atoms with Gasteiger partial charge in [-0.2, -0.15) is 0 Å². The third-order valence-corrected chi connectivity index (χ3v) is 7.61. The number of amides is 1. The van der Waals surface area contributed by atoms with Crippen molar-refractivity contribution in [2.45, 2.75) is 73.3 Å². The lowest BCUT2D eigenvalue weighted by Crippen LogP contribution is -2.47. The molecule has 0 aliphatic carbocycles. The summed E-state index contributed by atoms with van der Waals surface area (Å²) in [5.74, 6) is -0.0951. The van der Waals surface area contributed by atoms with E-state index < -0.39 is 20.1 Å². The molecule has 1 aromatic carbocycles. The Balaban J connectivity index is 2.70. The number of benzene rings is 1. The highest BCUT2D eigenvalue weighted by atomic mass is 28.3. The monoisotopic (exact) mass is 405 g/mol. The molecule has 1 N–H and O–H groups in total. The molecule has 1 amide bonds. The van der Waals surface area contributed by atoms with Gasteiger partial charge in [-0.3, -0.25) is 4.79 Å². The topological polar surface area (TPSA) is 66.8 Å². The number of aliphatic hydroxyl groups is 1. The van der Waals surface area contributed by atoms with E-state index in [4.69, 9.17) is 4.74 Å². The molecule has 1 aromatic rings. The van der Waals surface area contributed by atoms with Crippen LogP contribution in [0.4, 0.5) is 0 Å². The Kier molecular flexibility index (Phi) is 6.76. The Labute approximate surface area is 170 Å². The first-order chi connectivity index (χ1) is 12.9. The number of carbonyl (C=O) groups excluding carboxylic acids is 2. The van der Waals surface area contributed by atoms with E-state index in [1.807, 2.05) is 11.8 Å². The van der Waals surface area contributed by atoms with Gasteiger partial charge in [0.25, 0.3) is 0 Å². The van der Waals surface area contributed by atoms with Gasteiger partial charge in [-0.05, 0) is 54.5 Å². The molecule has 2 rings (SSSR count). The molecule has 1 heterocycles. The smallest absolute Gasteiger partial charge is 0.339 e. The van der Waals surface area contributed by atoms with Crippen molar-refractivity contribution >= 4 is 25.1 Å². The van der Waals surface area contributed by atoms with Crippen LogP contribution >= 0.6 is 0 Å². The minimum absolute atomic E-state index is 0.112. The number of ether oxygens (including phenoxy) is 1. The van der Waals surface area contributed by atoms with Crippen molar-refractivity contribution in [3.63, 3.8) is 0 Å². The molecule has 0 saturated carbocycles. The summed E-state index contributed by atoms with van der Waals surface area (Å²) in [6, 6.07) is 0. The lowest BCUT2D eigenvalue weighted by molar-refractivity contribution is -0.153. The summed E-state index contributed by atoms with van der Waals surface area (Å²) in [5.41, 5.74) is 4.83.